The lowest BCUT2D eigenvalue weighted by Crippen LogP contribution is -2.49. The van der Waals surface area contributed by atoms with E-state index >= 15 is 0 Å². The van der Waals surface area contributed by atoms with Gasteiger partial charge in [0.2, 0.25) is 5.41 Å². The summed E-state index contributed by atoms with van der Waals surface area (Å²) < 4.78 is 0. The Bertz CT molecular complexity index is 804. The molecule has 3 rings (SSSR count). The van der Waals surface area contributed by atoms with Crippen LogP contribution in [0.15, 0.2) is 77.5 Å². The van der Waals surface area contributed by atoms with E-state index in [0.717, 1.165) is 0 Å². The smallest absolute Gasteiger partial charge is 0.326 e. The van der Waals surface area contributed by atoms with E-state index in [1.807, 2.05) is 12.1 Å². The Labute approximate surface area is 149 Å². The van der Waals surface area contributed by atoms with Gasteiger partial charge in [-0.3, -0.25) is 9.59 Å². The summed E-state index contributed by atoms with van der Waals surface area (Å²) in [6, 6.07) is 19.4. The molecule has 1 heterocycles. The van der Waals surface area contributed by atoms with Crippen molar-refractivity contribution >= 4 is 23.3 Å². The monoisotopic (exact) mass is 352 g/mol. The summed E-state index contributed by atoms with van der Waals surface area (Å²) in [5.41, 5.74) is -0.549. The van der Waals surface area contributed by atoms with Gasteiger partial charge in [0.25, 0.3) is 0 Å². The van der Waals surface area contributed by atoms with E-state index in [0.29, 0.717) is 11.1 Å². The lowest BCUT2D eigenvalue weighted by Gasteiger charge is -2.34. The summed E-state index contributed by atoms with van der Waals surface area (Å²) in [6.45, 7) is 0. The van der Waals surface area contributed by atoms with Crippen LogP contribution in [-0.4, -0.2) is 22.2 Å². The molecule has 0 radical (unpaired) electrons. The van der Waals surface area contributed by atoms with Gasteiger partial charge in [-0.25, -0.2) is 0 Å². The van der Waals surface area contributed by atoms with Crippen LogP contribution < -0.4 is 0 Å². The van der Waals surface area contributed by atoms with Gasteiger partial charge in [-0.05, 0) is 33.5 Å². The predicted molar refractivity (Wildman–Crippen MR) is 96.0 cm³/mol. The van der Waals surface area contributed by atoms with Crippen molar-refractivity contribution in [2.75, 3.05) is 0 Å². The van der Waals surface area contributed by atoms with Gasteiger partial charge in [-0.2, -0.15) is 11.3 Å². The highest BCUT2D eigenvalue weighted by Gasteiger charge is 2.56. The highest BCUT2D eigenvalue weighted by molar-refractivity contribution is 7.08. The first kappa shape index (κ1) is 16.9. The van der Waals surface area contributed by atoms with Gasteiger partial charge >= 0.3 is 11.9 Å². The fourth-order valence-electron chi connectivity index (χ4n) is 3.22. The molecule has 1 aromatic heterocycles. The molecule has 0 spiro atoms. The van der Waals surface area contributed by atoms with Crippen molar-refractivity contribution in [3.8, 4) is 0 Å². The fraction of sp³-hybridized carbons (Fsp3) is 0.100. The molecule has 0 saturated carbocycles. The summed E-state index contributed by atoms with van der Waals surface area (Å²) in [5.74, 6) is -3.62. The number of carbonyl (C=O) groups is 2. The number of benzene rings is 2. The average molecular weight is 352 g/mol. The molecule has 0 unspecified atom stereocenters. The van der Waals surface area contributed by atoms with Crippen LogP contribution in [-0.2, 0) is 15.0 Å². The van der Waals surface area contributed by atoms with Crippen LogP contribution in [0.2, 0.25) is 0 Å². The number of hydrogen-bond donors (Lipinski definition) is 2. The van der Waals surface area contributed by atoms with Crippen LogP contribution >= 0.6 is 11.3 Å². The maximum Gasteiger partial charge on any atom is 0.326 e. The highest BCUT2D eigenvalue weighted by atomic mass is 32.1. The normalized spacial score (nSPS) is 11.4. The first-order chi connectivity index (χ1) is 12.1. The quantitative estimate of drug-likeness (QED) is 0.658. The van der Waals surface area contributed by atoms with Crippen molar-refractivity contribution in [1.82, 2.24) is 0 Å². The maximum atomic E-state index is 12.4. The van der Waals surface area contributed by atoms with Gasteiger partial charge in [0.1, 0.15) is 0 Å². The SMILES string of the molecule is O=C(O)C(C(=O)O)(c1ccsc1)C(c1ccccc1)c1ccccc1. The second-order valence-corrected chi connectivity index (χ2v) is 6.46. The zero-order valence-corrected chi connectivity index (χ0v) is 14.0. The van der Waals surface area contributed by atoms with Crippen molar-refractivity contribution in [1.29, 1.82) is 0 Å². The van der Waals surface area contributed by atoms with Gasteiger partial charge in [-0.15, -0.1) is 0 Å². The molecule has 2 N–H and O–H groups in total. The molecular formula is C20H16O4S. The van der Waals surface area contributed by atoms with Gasteiger partial charge < -0.3 is 10.2 Å². The van der Waals surface area contributed by atoms with Gasteiger partial charge in [0.15, 0.2) is 0 Å². The van der Waals surface area contributed by atoms with E-state index < -0.39 is 23.3 Å². The Kier molecular flexibility index (Phi) is 4.67. The number of thiophene rings is 1. The fourth-order valence-corrected chi connectivity index (χ4v) is 3.94. The standard InChI is InChI=1S/C20H16O4S/c21-18(22)20(19(23)24,16-11-12-25-13-16)17(14-7-3-1-4-8-14)15-9-5-2-6-10-15/h1-13,17H,(H,21,22)(H,23,24). The minimum atomic E-state index is -2.11. The molecule has 0 atom stereocenters. The number of aliphatic carboxylic acids is 2. The third-order valence-electron chi connectivity index (χ3n) is 4.35. The third kappa shape index (κ3) is 2.83. The molecule has 126 valence electrons. The first-order valence-electron chi connectivity index (χ1n) is 7.67. The highest BCUT2D eigenvalue weighted by Crippen LogP contribution is 2.45. The number of carboxylic acids is 2. The molecular weight excluding hydrogens is 336 g/mol. The molecule has 25 heavy (non-hydrogen) atoms. The van der Waals surface area contributed by atoms with Gasteiger partial charge in [-0.1, -0.05) is 60.7 Å². The summed E-state index contributed by atoms with van der Waals surface area (Å²) in [5, 5.41) is 23.5. The van der Waals surface area contributed by atoms with Crippen LogP contribution in [0.4, 0.5) is 0 Å². The van der Waals surface area contributed by atoms with E-state index in [2.05, 4.69) is 0 Å². The van der Waals surface area contributed by atoms with Crippen LogP contribution in [0.25, 0.3) is 0 Å². The third-order valence-corrected chi connectivity index (χ3v) is 5.03. The summed E-state index contributed by atoms with van der Waals surface area (Å²) in [6.07, 6.45) is 0. The number of carboxylic acid groups (broad SMARTS) is 2. The second-order valence-electron chi connectivity index (χ2n) is 5.68. The Balaban J connectivity index is 2.35. The van der Waals surface area contributed by atoms with Crippen molar-refractivity contribution in [2.24, 2.45) is 0 Å². The number of rotatable bonds is 6. The molecule has 0 bridgehead atoms. The summed E-state index contributed by atoms with van der Waals surface area (Å²) >= 11 is 1.28. The first-order valence-corrected chi connectivity index (χ1v) is 8.62. The molecule has 4 nitrogen and oxygen atoms in total. The van der Waals surface area contributed by atoms with Crippen molar-refractivity contribution in [3.63, 3.8) is 0 Å². The van der Waals surface area contributed by atoms with Gasteiger partial charge in [0.05, 0.1) is 0 Å². The molecule has 5 heteroatoms. The summed E-state index contributed by atoms with van der Waals surface area (Å²) in [4.78, 5) is 24.7. The second kappa shape index (κ2) is 6.91. The predicted octanol–water partition coefficient (Wildman–Crippen LogP) is 3.99. The van der Waals surface area contributed by atoms with Gasteiger partial charge in [0, 0.05) is 5.92 Å². The zero-order valence-electron chi connectivity index (χ0n) is 13.2. The minimum Gasteiger partial charge on any atom is -0.480 e. The van der Waals surface area contributed by atoms with Crippen LogP contribution in [0.3, 0.4) is 0 Å². The van der Waals surface area contributed by atoms with E-state index in [1.165, 1.54) is 11.3 Å². The Morgan fingerprint density at radius 1 is 0.800 bits per heavy atom. The Morgan fingerprint density at radius 3 is 1.64 bits per heavy atom. The van der Waals surface area contributed by atoms with E-state index in [9.17, 15) is 19.8 Å². The largest absolute Gasteiger partial charge is 0.480 e. The maximum absolute atomic E-state index is 12.4. The van der Waals surface area contributed by atoms with E-state index in [4.69, 9.17) is 0 Å². The minimum absolute atomic E-state index is 0.273. The molecule has 0 fully saturated rings. The van der Waals surface area contributed by atoms with Crippen LogP contribution in [0, 0.1) is 0 Å². The molecule has 0 amide bonds. The molecule has 2 aromatic carbocycles. The molecule has 0 aliphatic heterocycles. The number of hydrogen-bond acceptors (Lipinski definition) is 3. The lowest BCUT2D eigenvalue weighted by atomic mass is 9.65. The topological polar surface area (TPSA) is 74.6 Å². The Morgan fingerprint density at radius 2 is 1.28 bits per heavy atom. The Hall–Kier alpha value is -2.92. The van der Waals surface area contributed by atoms with Crippen molar-refractivity contribution < 1.29 is 19.8 Å². The van der Waals surface area contributed by atoms with Crippen molar-refractivity contribution in [3.05, 3.63) is 94.2 Å². The van der Waals surface area contributed by atoms with E-state index in [1.54, 1.807) is 65.4 Å². The molecule has 3 aromatic rings. The van der Waals surface area contributed by atoms with Crippen LogP contribution in [0.5, 0.6) is 0 Å². The zero-order chi connectivity index (χ0) is 17.9. The molecule has 0 saturated heterocycles. The average Bonchev–Trinajstić information content (AvgIpc) is 3.15. The van der Waals surface area contributed by atoms with Crippen molar-refractivity contribution in [2.45, 2.75) is 11.3 Å². The van der Waals surface area contributed by atoms with E-state index in [-0.39, 0.29) is 5.56 Å². The molecule has 0 aliphatic rings. The van der Waals surface area contributed by atoms with Crippen LogP contribution in [0.1, 0.15) is 22.6 Å². The lowest BCUT2D eigenvalue weighted by molar-refractivity contribution is -0.158. The molecule has 0 aliphatic carbocycles. The summed E-state index contributed by atoms with van der Waals surface area (Å²) in [7, 11) is 0.